The van der Waals surface area contributed by atoms with E-state index < -0.39 is 0 Å². The summed E-state index contributed by atoms with van der Waals surface area (Å²) in [6.45, 7) is 12.8. The number of nitrogens with zero attached hydrogens (tertiary/aromatic N) is 2. The number of hydrogen-bond acceptors (Lipinski definition) is 3. The molecule has 2 aromatic rings. The molecule has 0 amide bonds. The summed E-state index contributed by atoms with van der Waals surface area (Å²) in [6.07, 6.45) is 0.933. The van der Waals surface area contributed by atoms with Crippen LogP contribution in [0.5, 0.6) is 0 Å². The minimum absolute atomic E-state index is 0.445. The zero-order valence-electron chi connectivity index (χ0n) is 15.7. The Morgan fingerprint density at radius 2 is 1.60 bits per heavy atom. The van der Waals surface area contributed by atoms with Gasteiger partial charge in [-0.3, -0.25) is 9.69 Å². The van der Waals surface area contributed by atoms with Crippen molar-refractivity contribution in [3.63, 3.8) is 0 Å². The summed E-state index contributed by atoms with van der Waals surface area (Å²) >= 11 is 0. The molecule has 25 heavy (non-hydrogen) atoms. The van der Waals surface area contributed by atoms with Gasteiger partial charge in [0, 0.05) is 43.5 Å². The van der Waals surface area contributed by atoms with Gasteiger partial charge in [-0.05, 0) is 68.1 Å². The van der Waals surface area contributed by atoms with E-state index in [0.29, 0.717) is 6.04 Å². The number of aldehydes is 1. The van der Waals surface area contributed by atoms with Crippen LogP contribution >= 0.6 is 0 Å². The fourth-order valence-electron chi connectivity index (χ4n) is 3.59. The molecule has 0 spiro atoms. The SMILES string of the molecule is Cc1ccc([C@@H](C)N2CCN(c3ccc(C=O)c(C)c3)CC2)cc1C. The van der Waals surface area contributed by atoms with Crippen LogP contribution in [0.25, 0.3) is 0 Å². The van der Waals surface area contributed by atoms with E-state index in [2.05, 4.69) is 60.9 Å². The molecule has 1 aliphatic heterocycles. The minimum Gasteiger partial charge on any atom is -0.369 e. The van der Waals surface area contributed by atoms with Crippen LogP contribution in [0.15, 0.2) is 36.4 Å². The molecule has 1 fully saturated rings. The predicted molar refractivity (Wildman–Crippen MR) is 105 cm³/mol. The summed E-state index contributed by atoms with van der Waals surface area (Å²) in [5.74, 6) is 0. The first-order valence-electron chi connectivity index (χ1n) is 9.11. The molecule has 0 saturated carbocycles. The van der Waals surface area contributed by atoms with Gasteiger partial charge in [0.25, 0.3) is 0 Å². The molecule has 132 valence electrons. The predicted octanol–water partition coefficient (Wildman–Crippen LogP) is 4.31. The Morgan fingerprint density at radius 1 is 0.880 bits per heavy atom. The monoisotopic (exact) mass is 336 g/mol. The number of carbonyl (C=O) groups is 1. The Labute approximate surface area is 151 Å². The molecule has 2 aromatic carbocycles. The van der Waals surface area contributed by atoms with Crippen LogP contribution in [0.1, 0.15) is 45.6 Å². The molecule has 0 aliphatic carbocycles. The Kier molecular flexibility index (Phi) is 5.24. The molecule has 3 heteroatoms. The number of aryl methyl sites for hydroxylation is 3. The second-order valence-electron chi connectivity index (χ2n) is 7.20. The maximum atomic E-state index is 11.0. The highest BCUT2D eigenvalue weighted by atomic mass is 16.1. The number of rotatable bonds is 4. The number of carbonyl (C=O) groups excluding carboxylic acids is 1. The van der Waals surface area contributed by atoms with E-state index in [1.54, 1.807) is 0 Å². The van der Waals surface area contributed by atoms with Crippen LogP contribution < -0.4 is 4.90 Å². The Hall–Kier alpha value is -2.13. The summed E-state index contributed by atoms with van der Waals surface area (Å²) in [6, 6.07) is 13.4. The van der Waals surface area contributed by atoms with Gasteiger partial charge in [0.2, 0.25) is 0 Å². The van der Waals surface area contributed by atoms with Crippen LogP contribution in [-0.2, 0) is 0 Å². The molecule has 0 bridgehead atoms. The fraction of sp³-hybridized carbons (Fsp3) is 0.409. The van der Waals surface area contributed by atoms with Crippen molar-refractivity contribution in [1.82, 2.24) is 4.90 Å². The second-order valence-corrected chi connectivity index (χ2v) is 7.20. The fourth-order valence-corrected chi connectivity index (χ4v) is 3.59. The largest absolute Gasteiger partial charge is 0.369 e. The maximum absolute atomic E-state index is 11.0. The zero-order valence-corrected chi connectivity index (χ0v) is 15.7. The van der Waals surface area contributed by atoms with Crippen molar-refractivity contribution in [1.29, 1.82) is 0 Å². The first-order chi connectivity index (χ1) is 12.0. The van der Waals surface area contributed by atoms with E-state index in [1.165, 1.54) is 22.4 Å². The van der Waals surface area contributed by atoms with Gasteiger partial charge in [0.15, 0.2) is 0 Å². The van der Waals surface area contributed by atoms with Crippen molar-refractivity contribution in [3.05, 3.63) is 64.2 Å². The molecule has 0 unspecified atom stereocenters. The lowest BCUT2D eigenvalue weighted by atomic mass is 10.0. The third-order valence-electron chi connectivity index (χ3n) is 5.62. The molecule has 1 atom stereocenters. The van der Waals surface area contributed by atoms with Crippen LogP contribution in [0, 0.1) is 20.8 Å². The van der Waals surface area contributed by atoms with Gasteiger partial charge in [-0.2, -0.15) is 0 Å². The van der Waals surface area contributed by atoms with E-state index in [4.69, 9.17) is 0 Å². The van der Waals surface area contributed by atoms with Gasteiger partial charge in [-0.1, -0.05) is 18.2 Å². The van der Waals surface area contributed by atoms with Crippen LogP contribution in [0.3, 0.4) is 0 Å². The molecule has 0 N–H and O–H groups in total. The molecule has 3 rings (SSSR count). The summed E-state index contributed by atoms with van der Waals surface area (Å²) in [5.41, 5.74) is 7.19. The topological polar surface area (TPSA) is 23.6 Å². The van der Waals surface area contributed by atoms with Crippen molar-refractivity contribution in [2.75, 3.05) is 31.1 Å². The van der Waals surface area contributed by atoms with Crippen molar-refractivity contribution >= 4 is 12.0 Å². The maximum Gasteiger partial charge on any atom is 0.150 e. The highest BCUT2D eigenvalue weighted by molar-refractivity contribution is 5.78. The van der Waals surface area contributed by atoms with Crippen molar-refractivity contribution in [2.45, 2.75) is 33.7 Å². The first kappa shape index (κ1) is 17.7. The zero-order chi connectivity index (χ0) is 18.0. The van der Waals surface area contributed by atoms with Gasteiger partial charge in [-0.25, -0.2) is 0 Å². The third kappa shape index (κ3) is 3.77. The molecule has 1 saturated heterocycles. The van der Waals surface area contributed by atoms with Crippen molar-refractivity contribution in [3.8, 4) is 0 Å². The lowest BCUT2D eigenvalue weighted by Crippen LogP contribution is -2.47. The van der Waals surface area contributed by atoms with E-state index in [0.717, 1.165) is 43.6 Å². The third-order valence-corrected chi connectivity index (χ3v) is 5.62. The molecule has 0 radical (unpaired) electrons. The molecular formula is C22H28N2O. The van der Waals surface area contributed by atoms with E-state index in [-0.39, 0.29) is 0 Å². The van der Waals surface area contributed by atoms with Gasteiger partial charge in [-0.15, -0.1) is 0 Å². The average Bonchev–Trinajstić information content (AvgIpc) is 2.63. The minimum atomic E-state index is 0.445. The quantitative estimate of drug-likeness (QED) is 0.778. The molecule has 1 heterocycles. The molecule has 0 aromatic heterocycles. The highest BCUT2D eigenvalue weighted by Crippen LogP contribution is 2.26. The number of hydrogen-bond donors (Lipinski definition) is 0. The Bertz CT molecular complexity index is 761. The summed E-state index contributed by atoms with van der Waals surface area (Å²) in [4.78, 5) is 16.0. The van der Waals surface area contributed by atoms with Crippen LogP contribution in [0.2, 0.25) is 0 Å². The number of piperazine rings is 1. The number of benzene rings is 2. The lowest BCUT2D eigenvalue weighted by molar-refractivity contribution is 0.112. The van der Waals surface area contributed by atoms with E-state index >= 15 is 0 Å². The Morgan fingerprint density at radius 3 is 2.20 bits per heavy atom. The van der Waals surface area contributed by atoms with Gasteiger partial charge >= 0.3 is 0 Å². The van der Waals surface area contributed by atoms with E-state index in [1.807, 2.05) is 13.0 Å². The van der Waals surface area contributed by atoms with Gasteiger partial charge in [0.05, 0.1) is 0 Å². The summed E-state index contributed by atoms with van der Waals surface area (Å²) in [5, 5.41) is 0. The smallest absolute Gasteiger partial charge is 0.150 e. The number of anilines is 1. The van der Waals surface area contributed by atoms with Gasteiger partial charge in [0.1, 0.15) is 6.29 Å². The standard InChI is InChI=1S/C22H28N2O/c1-16-5-6-20(13-17(16)2)19(4)23-9-11-24(12-10-23)22-8-7-21(15-25)18(3)14-22/h5-8,13-15,19H,9-12H2,1-4H3/t19-/m1/s1. The molecular weight excluding hydrogens is 308 g/mol. The average molecular weight is 336 g/mol. The second kappa shape index (κ2) is 7.40. The van der Waals surface area contributed by atoms with Crippen LogP contribution in [0.4, 0.5) is 5.69 Å². The van der Waals surface area contributed by atoms with Gasteiger partial charge < -0.3 is 4.90 Å². The van der Waals surface area contributed by atoms with Crippen molar-refractivity contribution < 1.29 is 4.79 Å². The highest BCUT2D eigenvalue weighted by Gasteiger charge is 2.22. The normalized spacial score (nSPS) is 16.7. The summed E-state index contributed by atoms with van der Waals surface area (Å²) < 4.78 is 0. The Balaban J connectivity index is 1.65. The summed E-state index contributed by atoms with van der Waals surface area (Å²) in [7, 11) is 0. The van der Waals surface area contributed by atoms with E-state index in [9.17, 15) is 4.79 Å². The van der Waals surface area contributed by atoms with Crippen LogP contribution in [-0.4, -0.2) is 37.4 Å². The lowest BCUT2D eigenvalue weighted by Gasteiger charge is -2.39. The molecule has 1 aliphatic rings. The molecule has 3 nitrogen and oxygen atoms in total. The van der Waals surface area contributed by atoms with Crippen molar-refractivity contribution in [2.24, 2.45) is 0 Å². The first-order valence-corrected chi connectivity index (χ1v) is 9.11.